The first-order chi connectivity index (χ1) is 14.6. The fourth-order valence-electron chi connectivity index (χ4n) is 2.80. The predicted molar refractivity (Wildman–Crippen MR) is 113 cm³/mol. The zero-order valence-corrected chi connectivity index (χ0v) is 16.4. The van der Waals surface area contributed by atoms with Gasteiger partial charge in [-0.25, -0.2) is 4.39 Å². The topological polar surface area (TPSA) is 67.4 Å². The standard InChI is InChI=1S/C24H23FN2O3/c25-21-11-9-18(10-12-21)13-14-26-23(28)17-30-22-8-4-7-20(15-22)24(29)27-16-19-5-2-1-3-6-19/h1-12,15H,13-14,16-17H2,(H,26,28)(H,27,29). The molecule has 5 nitrogen and oxygen atoms in total. The van der Waals surface area contributed by atoms with Crippen molar-refractivity contribution in [3.63, 3.8) is 0 Å². The quantitative estimate of drug-likeness (QED) is 0.572. The van der Waals surface area contributed by atoms with E-state index in [2.05, 4.69) is 10.6 Å². The molecule has 2 amide bonds. The maximum absolute atomic E-state index is 12.9. The minimum absolute atomic E-state index is 0.154. The average Bonchev–Trinajstić information content (AvgIpc) is 2.78. The molecule has 3 aromatic rings. The van der Waals surface area contributed by atoms with Crippen LogP contribution in [0, 0.1) is 5.82 Å². The first kappa shape index (κ1) is 21.0. The molecule has 0 bridgehead atoms. The van der Waals surface area contributed by atoms with E-state index >= 15 is 0 Å². The summed E-state index contributed by atoms with van der Waals surface area (Å²) in [6.07, 6.45) is 0.600. The van der Waals surface area contributed by atoms with Gasteiger partial charge >= 0.3 is 0 Å². The summed E-state index contributed by atoms with van der Waals surface area (Å²) < 4.78 is 18.4. The van der Waals surface area contributed by atoms with Crippen LogP contribution < -0.4 is 15.4 Å². The number of halogens is 1. The van der Waals surface area contributed by atoms with Crippen LogP contribution in [-0.4, -0.2) is 25.0 Å². The van der Waals surface area contributed by atoms with Crippen molar-refractivity contribution in [2.24, 2.45) is 0 Å². The summed E-state index contributed by atoms with van der Waals surface area (Å²) in [6.45, 7) is 0.704. The van der Waals surface area contributed by atoms with Gasteiger partial charge in [0.05, 0.1) is 0 Å². The van der Waals surface area contributed by atoms with E-state index in [0.717, 1.165) is 11.1 Å². The number of carbonyl (C=O) groups excluding carboxylic acids is 2. The Balaban J connectivity index is 1.42. The van der Waals surface area contributed by atoms with Gasteiger partial charge in [0.25, 0.3) is 11.8 Å². The number of nitrogens with one attached hydrogen (secondary N) is 2. The Morgan fingerprint density at radius 1 is 0.833 bits per heavy atom. The molecular formula is C24H23FN2O3. The second-order valence-corrected chi connectivity index (χ2v) is 6.71. The highest BCUT2D eigenvalue weighted by molar-refractivity contribution is 5.94. The van der Waals surface area contributed by atoms with E-state index in [0.29, 0.717) is 30.8 Å². The average molecular weight is 406 g/mol. The van der Waals surface area contributed by atoms with Crippen molar-refractivity contribution in [3.05, 3.63) is 101 Å². The molecule has 0 spiro atoms. The van der Waals surface area contributed by atoms with Crippen molar-refractivity contribution >= 4 is 11.8 Å². The summed E-state index contributed by atoms with van der Waals surface area (Å²) in [5.41, 5.74) is 2.41. The Bertz CT molecular complexity index is 975. The molecule has 30 heavy (non-hydrogen) atoms. The molecule has 0 unspecified atom stereocenters. The molecule has 0 aliphatic rings. The van der Waals surface area contributed by atoms with Crippen molar-refractivity contribution < 1.29 is 18.7 Å². The van der Waals surface area contributed by atoms with E-state index in [4.69, 9.17) is 4.74 Å². The van der Waals surface area contributed by atoms with Crippen LogP contribution >= 0.6 is 0 Å². The Kier molecular flexibility index (Phi) is 7.55. The maximum Gasteiger partial charge on any atom is 0.257 e. The van der Waals surface area contributed by atoms with Gasteiger partial charge in [0, 0.05) is 18.7 Å². The molecule has 154 valence electrons. The fourth-order valence-corrected chi connectivity index (χ4v) is 2.80. The highest BCUT2D eigenvalue weighted by atomic mass is 19.1. The number of rotatable bonds is 9. The number of carbonyl (C=O) groups is 2. The Labute approximate surface area is 174 Å². The van der Waals surface area contributed by atoms with Crippen LogP contribution in [0.3, 0.4) is 0 Å². The zero-order valence-electron chi connectivity index (χ0n) is 16.4. The molecule has 0 fully saturated rings. The minimum atomic E-state index is -0.285. The van der Waals surface area contributed by atoms with Crippen molar-refractivity contribution in [1.82, 2.24) is 10.6 Å². The molecule has 6 heteroatoms. The SMILES string of the molecule is O=C(COc1cccc(C(=O)NCc2ccccc2)c1)NCCc1ccc(F)cc1. The normalized spacial score (nSPS) is 10.3. The summed E-state index contributed by atoms with van der Waals surface area (Å²) in [7, 11) is 0. The highest BCUT2D eigenvalue weighted by Crippen LogP contribution is 2.13. The molecule has 2 N–H and O–H groups in total. The number of benzene rings is 3. The molecular weight excluding hydrogens is 383 g/mol. The molecule has 0 atom stereocenters. The zero-order chi connectivity index (χ0) is 21.2. The van der Waals surface area contributed by atoms with Gasteiger partial charge in [-0.15, -0.1) is 0 Å². The summed E-state index contributed by atoms with van der Waals surface area (Å²) >= 11 is 0. The smallest absolute Gasteiger partial charge is 0.257 e. The summed E-state index contributed by atoms with van der Waals surface area (Å²) in [6, 6.07) is 22.5. The van der Waals surface area contributed by atoms with E-state index in [-0.39, 0.29) is 24.2 Å². The lowest BCUT2D eigenvalue weighted by atomic mass is 10.1. The first-order valence-corrected chi connectivity index (χ1v) is 9.66. The van der Waals surface area contributed by atoms with Gasteiger partial charge in [-0.1, -0.05) is 48.5 Å². The molecule has 0 saturated heterocycles. The largest absolute Gasteiger partial charge is 0.484 e. The third-order valence-electron chi connectivity index (χ3n) is 4.41. The van der Waals surface area contributed by atoms with Crippen LogP contribution in [0.1, 0.15) is 21.5 Å². The van der Waals surface area contributed by atoms with Gasteiger partial charge in [-0.3, -0.25) is 9.59 Å². The molecule has 0 aliphatic heterocycles. The monoisotopic (exact) mass is 406 g/mol. The van der Waals surface area contributed by atoms with Gasteiger partial charge in [0.15, 0.2) is 6.61 Å². The van der Waals surface area contributed by atoms with E-state index in [1.807, 2.05) is 30.3 Å². The van der Waals surface area contributed by atoms with Crippen LogP contribution in [-0.2, 0) is 17.8 Å². The summed E-state index contributed by atoms with van der Waals surface area (Å²) in [5, 5.41) is 5.61. The highest BCUT2D eigenvalue weighted by Gasteiger charge is 2.08. The molecule has 0 aromatic heterocycles. The minimum Gasteiger partial charge on any atom is -0.484 e. The van der Waals surface area contributed by atoms with E-state index < -0.39 is 0 Å². The van der Waals surface area contributed by atoms with Gasteiger partial charge in [-0.2, -0.15) is 0 Å². The van der Waals surface area contributed by atoms with Crippen LogP contribution in [0.2, 0.25) is 0 Å². The second kappa shape index (κ2) is 10.8. The molecule has 3 rings (SSSR count). The summed E-state index contributed by atoms with van der Waals surface area (Å²) in [5.74, 6) is -0.327. The lowest BCUT2D eigenvalue weighted by molar-refractivity contribution is -0.123. The number of hydrogen-bond donors (Lipinski definition) is 2. The Morgan fingerprint density at radius 3 is 2.37 bits per heavy atom. The second-order valence-electron chi connectivity index (χ2n) is 6.71. The van der Waals surface area contributed by atoms with Crippen molar-refractivity contribution in [2.75, 3.05) is 13.2 Å². The third-order valence-corrected chi connectivity index (χ3v) is 4.41. The lowest BCUT2D eigenvalue weighted by Gasteiger charge is -2.09. The molecule has 0 aliphatic carbocycles. The molecule has 0 radical (unpaired) electrons. The van der Waals surface area contributed by atoms with Crippen LogP contribution in [0.4, 0.5) is 4.39 Å². The van der Waals surface area contributed by atoms with Gasteiger partial charge < -0.3 is 15.4 Å². The fraction of sp³-hybridized carbons (Fsp3) is 0.167. The Hall–Kier alpha value is -3.67. The van der Waals surface area contributed by atoms with Crippen molar-refractivity contribution in [2.45, 2.75) is 13.0 Å². The van der Waals surface area contributed by atoms with Gasteiger partial charge in [0.2, 0.25) is 0 Å². The van der Waals surface area contributed by atoms with Crippen molar-refractivity contribution in [3.8, 4) is 5.75 Å². The predicted octanol–water partition coefficient (Wildman–Crippen LogP) is 3.49. The van der Waals surface area contributed by atoms with E-state index in [1.54, 1.807) is 36.4 Å². The van der Waals surface area contributed by atoms with Gasteiger partial charge in [0.1, 0.15) is 11.6 Å². The molecule has 0 saturated carbocycles. The first-order valence-electron chi connectivity index (χ1n) is 9.66. The van der Waals surface area contributed by atoms with E-state index in [1.165, 1.54) is 12.1 Å². The van der Waals surface area contributed by atoms with Crippen LogP contribution in [0.15, 0.2) is 78.9 Å². The van der Waals surface area contributed by atoms with Gasteiger partial charge in [-0.05, 0) is 47.9 Å². The number of hydrogen-bond acceptors (Lipinski definition) is 3. The van der Waals surface area contributed by atoms with Crippen LogP contribution in [0.5, 0.6) is 5.75 Å². The number of ether oxygens (including phenoxy) is 1. The molecule has 3 aromatic carbocycles. The Morgan fingerprint density at radius 2 is 1.60 bits per heavy atom. The van der Waals surface area contributed by atoms with Crippen LogP contribution in [0.25, 0.3) is 0 Å². The molecule has 0 heterocycles. The van der Waals surface area contributed by atoms with Crippen molar-refractivity contribution in [1.29, 1.82) is 0 Å². The summed E-state index contributed by atoms with van der Waals surface area (Å²) in [4.78, 5) is 24.3. The maximum atomic E-state index is 12.9. The lowest BCUT2D eigenvalue weighted by Crippen LogP contribution is -2.30. The third kappa shape index (κ3) is 6.74. The van der Waals surface area contributed by atoms with E-state index in [9.17, 15) is 14.0 Å². The number of amides is 2.